The van der Waals surface area contributed by atoms with Gasteiger partial charge in [0.25, 0.3) is 0 Å². The van der Waals surface area contributed by atoms with Gasteiger partial charge in [0, 0.05) is 25.0 Å². The van der Waals surface area contributed by atoms with Crippen molar-refractivity contribution < 1.29 is 18.9 Å². The van der Waals surface area contributed by atoms with Crippen molar-refractivity contribution in [1.29, 1.82) is 0 Å². The van der Waals surface area contributed by atoms with Crippen molar-refractivity contribution in [2.24, 2.45) is 0 Å². The smallest absolute Gasteiger partial charge is 0.203 e. The maximum atomic E-state index is 6.25. The molecule has 6 heteroatoms. The Bertz CT molecular complexity index is 979. The topological polar surface area (TPSA) is 43.4 Å². The van der Waals surface area contributed by atoms with E-state index in [0.717, 1.165) is 38.4 Å². The molecule has 0 spiro atoms. The maximum absolute atomic E-state index is 6.25. The van der Waals surface area contributed by atoms with Crippen LogP contribution in [0.15, 0.2) is 30.3 Å². The fraction of sp³-hybridized carbons (Fsp3) is 0.586. The van der Waals surface area contributed by atoms with Gasteiger partial charge in [0.2, 0.25) is 5.75 Å². The number of ether oxygens (including phenoxy) is 4. The van der Waals surface area contributed by atoms with Crippen LogP contribution >= 0.6 is 0 Å². The zero-order chi connectivity index (χ0) is 24.2. The monoisotopic (exact) mass is 480 g/mol. The molecule has 190 valence electrons. The molecule has 0 amide bonds. The molecule has 0 aromatic heterocycles. The first kappa shape index (κ1) is 24.3. The van der Waals surface area contributed by atoms with Crippen LogP contribution in [0.4, 0.5) is 0 Å². The SMILES string of the molecule is COc1cc([C@@H]2CN3CCC[C@@H]3c3cc(OCCCN4CCCCC4)ccc32)cc(OC)c1OC. The highest BCUT2D eigenvalue weighted by Crippen LogP contribution is 2.48. The van der Waals surface area contributed by atoms with Crippen LogP contribution in [0.25, 0.3) is 0 Å². The first-order chi connectivity index (χ1) is 17.2. The lowest BCUT2D eigenvalue weighted by atomic mass is 9.81. The van der Waals surface area contributed by atoms with Crippen molar-refractivity contribution >= 4 is 0 Å². The molecule has 0 N–H and O–H groups in total. The molecule has 0 unspecified atom stereocenters. The molecule has 2 fully saturated rings. The van der Waals surface area contributed by atoms with E-state index in [0.29, 0.717) is 23.3 Å². The molecule has 0 bridgehead atoms. The first-order valence-electron chi connectivity index (χ1n) is 13.2. The van der Waals surface area contributed by atoms with Crippen molar-refractivity contribution in [2.45, 2.75) is 50.5 Å². The molecule has 2 aromatic carbocycles. The van der Waals surface area contributed by atoms with Crippen LogP contribution < -0.4 is 18.9 Å². The third kappa shape index (κ3) is 5.10. The van der Waals surface area contributed by atoms with E-state index in [9.17, 15) is 0 Å². The highest BCUT2D eigenvalue weighted by Gasteiger charge is 2.37. The minimum absolute atomic E-state index is 0.251. The van der Waals surface area contributed by atoms with Gasteiger partial charge in [0.15, 0.2) is 11.5 Å². The summed E-state index contributed by atoms with van der Waals surface area (Å²) in [4.78, 5) is 5.22. The molecular formula is C29H40N2O4. The molecule has 3 heterocycles. The highest BCUT2D eigenvalue weighted by molar-refractivity contribution is 5.57. The van der Waals surface area contributed by atoms with E-state index < -0.39 is 0 Å². The molecule has 3 aliphatic rings. The molecule has 3 aliphatic heterocycles. The van der Waals surface area contributed by atoms with Crippen LogP contribution in [-0.4, -0.2) is 70.5 Å². The van der Waals surface area contributed by atoms with E-state index in [1.165, 1.54) is 61.9 Å². The molecule has 2 aromatic rings. The second-order valence-electron chi connectivity index (χ2n) is 10.1. The largest absolute Gasteiger partial charge is 0.494 e. The summed E-state index contributed by atoms with van der Waals surface area (Å²) in [6.07, 6.45) is 7.62. The summed E-state index contributed by atoms with van der Waals surface area (Å²) < 4.78 is 23.1. The van der Waals surface area contributed by atoms with E-state index >= 15 is 0 Å². The number of methoxy groups -OCH3 is 3. The summed E-state index contributed by atoms with van der Waals surface area (Å²) in [6.45, 7) is 6.57. The number of hydrogen-bond acceptors (Lipinski definition) is 6. The summed E-state index contributed by atoms with van der Waals surface area (Å²) in [5, 5.41) is 0. The van der Waals surface area contributed by atoms with Crippen molar-refractivity contribution in [3.8, 4) is 23.0 Å². The van der Waals surface area contributed by atoms with Gasteiger partial charge in [-0.15, -0.1) is 0 Å². The summed E-state index contributed by atoms with van der Waals surface area (Å²) in [5.41, 5.74) is 4.01. The summed E-state index contributed by atoms with van der Waals surface area (Å²) in [6, 6.07) is 11.5. The molecule has 35 heavy (non-hydrogen) atoms. The lowest BCUT2D eigenvalue weighted by Gasteiger charge is -2.38. The van der Waals surface area contributed by atoms with Crippen LogP contribution in [0.5, 0.6) is 23.0 Å². The number of likely N-dealkylation sites (tertiary alicyclic amines) is 1. The molecule has 0 saturated carbocycles. The minimum Gasteiger partial charge on any atom is -0.494 e. The molecule has 5 rings (SSSR count). The zero-order valence-corrected chi connectivity index (χ0v) is 21.6. The number of piperidine rings is 1. The fourth-order valence-electron chi connectivity index (χ4n) is 6.23. The van der Waals surface area contributed by atoms with Crippen molar-refractivity contribution in [2.75, 3.05) is 60.7 Å². The van der Waals surface area contributed by atoms with Crippen LogP contribution in [0.3, 0.4) is 0 Å². The van der Waals surface area contributed by atoms with E-state index in [4.69, 9.17) is 18.9 Å². The predicted octanol–water partition coefficient (Wildman–Crippen LogP) is 5.25. The fourth-order valence-corrected chi connectivity index (χ4v) is 6.23. The molecule has 6 nitrogen and oxygen atoms in total. The van der Waals surface area contributed by atoms with E-state index in [-0.39, 0.29) is 5.92 Å². The molecule has 0 radical (unpaired) electrons. The second-order valence-corrected chi connectivity index (χ2v) is 10.1. The summed E-state index contributed by atoms with van der Waals surface area (Å²) >= 11 is 0. The Morgan fingerprint density at radius 3 is 2.31 bits per heavy atom. The lowest BCUT2D eigenvalue weighted by Crippen LogP contribution is -2.34. The Morgan fingerprint density at radius 1 is 0.829 bits per heavy atom. The molecule has 2 atom stereocenters. The normalized spacial score (nSPS) is 22.4. The van der Waals surface area contributed by atoms with E-state index in [1.807, 2.05) is 0 Å². The second kappa shape index (κ2) is 11.1. The van der Waals surface area contributed by atoms with Gasteiger partial charge >= 0.3 is 0 Å². The number of hydrogen-bond donors (Lipinski definition) is 0. The van der Waals surface area contributed by atoms with Gasteiger partial charge in [-0.25, -0.2) is 0 Å². The maximum Gasteiger partial charge on any atom is 0.203 e. The predicted molar refractivity (Wildman–Crippen MR) is 138 cm³/mol. The Balaban J connectivity index is 1.37. The van der Waals surface area contributed by atoms with Gasteiger partial charge < -0.3 is 23.8 Å². The van der Waals surface area contributed by atoms with E-state index in [2.05, 4.69) is 40.1 Å². The van der Waals surface area contributed by atoms with Gasteiger partial charge in [-0.1, -0.05) is 12.5 Å². The van der Waals surface area contributed by atoms with Gasteiger partial charge in [-0.3, -0.25) is 4.90 Å². The van der Waals surface area contributed by atoms with Crippen molar-refractivity contribution in [3.63, 3.8) is 0 Å². The number of benzene rings is 2. The van der Waals surface area contributed by atoms with Gasteiger partial charge in [0.1, 0.15) is 5.75 Å². The Labute approximate surface area is 210 Å². The Hall–Kier alpha value is -2.44. The zero-order valence-electron chi connectivity index (χ0n) is 21.6. The molecule has 0 aliphatic carbocycles. The van der Waals surface area contributed by atoms with Crippen molar-refractivity contribution in [3.05, 3.63) is 47.0 Å². The average Bonchev–Trinajstić information content (AvgIpc) is 3.39. The quantitative estimate of drug-likeness (QED) is 0.457. The van der Waals surface area contributed by atoms with Gasteiger partial charge in [0.05, 0.1) is 27.9 Å². The van der Waals surface area contributed by atoms with Crippen LogP contribution in [0.1, 0.15) is 67.2 Å². The summed E-state index contributed by atoms with van der Waals surface area (Å²) in [5.74, 6) is 3.31. The number of rotatable bonds is 9. The Morgan fingerprint density at radius 2 is 1.60 bits per heavy atom. The number of nitrogens with zero attached hydrogens (tertiary/aromatic N) is 2. The third-order valence-corrected chi connectivity index (χ3v) is 8.00. The van der Waals surface area contributed by atoms with Crippen LogP contribution in [-0.2, 0) is 0 Å². The van der Waals surface area contributed by atoms with Crippen LogP contribution in [0, 0.1) is 0 Å². The minimum atomic E-state index is 0.251. The average molecular weight is 481 g/mol. The summed E-state index contributed by atoms with van der Waals surface area (Å²) in [7, 11) is 5.02. The van der Waals surface area contributed by atoms with Gasteiger partial charge in [-0.2, -0.15) is 0 Å². The number of fused-ring (bicyclic) bond motifs is 3. The highest BCUT2D eigenvalue weighted by atomic mass is 16.5. The lowest BCUT2D eigenvalue weighted by molar-refractivity contribution is 0.204. The van der Waals surface area contributed by atoms with Gasteiger partial charge in [-0.05, 0) is 92.7 Å². The van der Waals surface area contributed by atoms with Crippen molar-refractivity contribution in [1.82, 2.24) is 9.80 Å². The Kier molecular flexibility index (Phi) is 7.69. The standard InChI is InChI=1S/C29H40N2O4/c1-32-27-17-21(18-28(33-2)29(27)34-3)25-20-31-15-7-9-26(31)24-19-22(10-11-23(24)25)35-16-8-14-30-12-5-4-6-13-30/h10-11,17-19,25-26H,4-9,12-16,20H2,1-3H3/t25-,26+/m0/s1. The van der Waals surface area contributed by atoms with Crippen LogP contribution in [0.2, 0.25) is 0 Å². The first-order valence-corrected chi connectivity index (χ1v) is 13.2. The molecular weight excluding hydrogens is 440 g/mol. The molecule has 2 saturated heterocycles. The van der Waals surface area contributed by atoms with E-state index in [1.54, 1.807) is 21.3 Å². The third-order valence-electron chi connectivity index (χ3n) is 8.00.